The molecule has 1 aliphatic rings. The van der Waals surface area contributed by atoms with Crippen LogP contribution in [-0.4, -0.2) is 44.2 Å². The van der Waals surface area contributed by atoms with Crippen molar-refractivity contribution in [3.63, 3.8) is 0 Å². The Kier molecular flexibility index (Phi) is 8.63. The summed E-state index contributed by atoms with van der Waals surface area (Å²) >= 11 is 0. The Labute approximate surface area is 262 Å². The second-order valence-corrected chi connectivity index (χ2v) is 11.4. The van der Waals surface area contributed by atoms with Crippen molar-refractivity contribution in [1.82, 2.24) is 20.4 Å². The van der Waals surface area contributed by atoms with E-state index < -0.39 is 0 Å². The fourth-order valence-electron chi connectivity index (χ4n) is 5.70. The van der Waals surface area contributed by atoms with Gasteiger partial charge in [0, 0.05) is 36.2 Å². The van der Waals surface area contributed by atoms with E-state index in [0.717, 1.165) is 31.5 Å². The Balaban J connectivity index is 1.26. The highest BCUT2D eigenvalue weighted by Gasteiger charge is 2.23. The third-order valence-electron chi connectivity index (χ3n) is 8.03. The molecule has 2 aromatic heterocycles. The molecule has 1 fully saturated rings. The molecule has 230 valence electrons. The molecule has 1 aliphatic heterocycles. The van der Waals surface area contributed by atoms with Crippen molar-refractivity contribution >= 4 is 17.3 Å². The molecule has 0 aliphatic carbocycles. The van der Waals surface area contributed by atoms with Crippen molar-refractivity contribution in [2.45, 2.75) is 51.7 Å². The van der Waals surface area contributed by atoms with Crippen molar-refractivity contribution in [2.75, 3.05) is 22.9 Å². The van der Waals surface area contributed by atoms with Gasteiger partial charge in [-0.3, -0.25) is 0 Å². The predicted molar refractivity (Wildman–Crippen MR) is 176 cm³/mol. The van der Waals surface area contributed by atoms with Gasteiger partial charge in [0.15, 0.2) is 17.4 Å². The maximum Gasteiger partial charge on any atom is 0.188 e. The first-order valence-electron chi connectivity index (χ1n) is 15.2. The van der Waals surface area contributed by atoms with Gasteiger partial charge >= 0.3 is 0 Å². The van der Waals surface area contributed by atoms with Gasteiger partial charge in [-0.15, -0.1) is 20.4 Å². The molecule has 5 N–H and O–H groups in total. The summed E-state index contributed by atoms with van der Waals surface area (Å²) in [6.45, 7) is 5.08. The van der Waals surface area contributed by atoms with Gasteiger partial charge in [0.25, 0.3) is 0 Å². The number of phenolic OH excluding ortho intramolecular Hbond substituents is 1. The summed E-state index contributed by atoms with van der Waals surface area (Å²) in [6.07, 6.45) is 3.95. The number of aromatic nitrogens is 4. The lowest BCUT2D eigenvalue weighted by molar-refractivity contribution is 0.222. The molecule has 10 heteroatoms. The topological polar surface area (TPSA) is 146 Å². The van der Waals surface area contributed by atoms with Crippen LogP contribution in [0.5, 0.6) is 23.0 Å². The highest BCUT2D eigenvalue weighted by atomic mass is 16.5. The van der Waals surface area contributed by atoms with Crippen LogP contribution in [0.3, 0.4) is 0 Å². The zero-order valence-corrected chi connectivity index (χ0v) is 25.4. The number of nitrogen functional groups attached to an aromatic ring is 2. The highest BCUT2D eigenvalue weighted by Crippen LogP contribution is 2.39. The highest BCUT2D eigenvalue weighted by molar-refractivity contribution is 5.76. The number of nitrogens with zero attached hydrogens (tertiary/aromatic N) is 5. The van der Waals surface area contributed by atoms with Crippen LogP contribution in [0.4, 0.5) is 17.3 Å². The number of piperidine rings is 1. The third kappa shape index (κ3) is 6.75. The van der Waals surface area contributed by atoms with E-state index in [9.17, 15) is 5.11 Å². The number of phenols is 1. The zero-order chi connectivity index (χ0) is 31.3. The Bertz CT molecular complexity index is 1780. The molecule has 0 spiro atoms. The normalized spacial score (nSPS) is 15.4. The molecule has 3 heterocycles. The van der Waals surface area contributed by atoms with E-state index in [1.807, 2.05) is 55.5 Å². The van der Waals surface area contributed by atoms with Crippen LogP contribution in [0.25, 0.3) is 22.5 Å². The quantitative estimate of drug-likeness (QED) is 0.167. The van der Waals surface area contributed by atoms with Crippen molar-refractivity contribution in [3.05, 3.63) is 90.5 Å². The summed E-state index contributed by atoms with van der Waals surface area (Å²) in [5.74, 6) is 2.13. The summed E-state index contributed by atoms with van der Waals surface area (Å²) in [4.78, 5) is 2.26. The average Bonchev–Trinajstić information content (AvgIpc) is 3.04. The lowest BCUT2D eigenvalue weighted by Gasteiger charge is -2.35. The molecule has 1 unspecified atom stereocenters. The molecule has 0 saturated carbocycles. The number of benzene rings is 3. The lowest BCUT2D eigenvalue weighted by Crippen LogP contribution is -2.38. The largest absolute Gasteiger partial charge is 0.507 e. The monoisotopic (exact) mass is 603 g/mol. The third-order valence-corrected chi connectivity index (χ3v) is 8.03. The average molecular weight is 604 g/mol. The summed E-state index contributed by atoms with van der Waals surface area (Å²) in [6, 6.07) is 26.7. The standard InChI is InChI=1S/C35H37N7O3/c1-22-10-8-9-17-42(22)30-20-28(38-40-34(30)36)27-19-25(15-16-31(27)43)45-32-14-7-6-13-26(32)29-21-33(35(37)41-39-29)44-23(2)18-24-11-4-3-5-12-24/h3-7,11-16,19-23,43H,8-10,17-18H2,1-2H3,(H2,36,40)(H2,37,41)/t22-,23?/m0/s1. The molecule has 3 aromatic carbocycles. The van der Waals surface area contributed by atoms with E-state index in [-0.39, 0.29) is 17.7 Å². The number of hydrogen-bond acceptors (Lipinski definition) is 10. The first-order chi connectivity index (χ1) is 21.9. The van der Waals surface area contributed by atoms with E-state index in [4.69, 9.17) is 20.9 Å². The number of rotatable bonds is 9. The molecular formula is C35H37N7O3. The molecule has 5 aromatic rings. The summed E-state index contributed by atoms with van der Waals surface area (Å²) in [5, 5.41) is 27.9. The van der Waals surface area contributed by atoms with Crippen LogP contribution < -0.4 is 25.8 Å². The number of hydrogen-bond donors (Lipinski definition) is 3. The second kappa shape index (κ2) is 13.1. The smallest absolute Gasteiger partial charge is 0.188 e. The van der Waals surface area contributed by atoms with Crippen LogP contribution in [0.15, 0.2) is 84.9 Å². The molecule has 1 saturated heterocycles. The van der Waals surface area contributed by atoms with Crippen LogP contribution in [0.2, 0.25) is 0 Å². The molecule has 45 heavy (non-hydrogen) atoms. The zero-order valence-electron chi connectivity index (χ0n) is 25.4. The molecule has 6 rings (SSSR count). The van der Waals surface area contributed by atoms with E-state index >= 15 is 0 Å². The SMILES string of the molecule is CC(Cc1ccccc1)Oc1cc(-c2ccccc2Oc2ccc(O)c(-c3cc(N4CCCC[C@@H]4C)c(N)nn3)c2)nnc1N. The van der Waals surface area contributed by atoms with Gasteiger partial charge in [0.05, 0.1) is 11.4 Å². The minimum absolute atomic E-state index is 0.0585. The first-order valence-corrected chi connectivity index (χ1v) is 15.2. The molecule has 10 nitrogen and oxygen atoms in total. The maximum atomic E-state index is 10.8. The number of anilines is 3. The number of nitrogens with two attached hydrogens (primary N) is 2. The van der Waals surface area contributed by atoms with E-state index in [1.54, 1.807) is 24.3 Å². The summed E-state index contributed by atoms with van der Waals surface area (Å²) in [7, 11) is 0. The number of ether oxygens (including phenoxy) is 2. The summed E-state index contributed by atoms with van der Waals surface area (Å²) < 4.78 is 12.6. The number of para-hydroxylation sites is 1. The van der Waals surface area contributed by atoms with Gasteiger partial charge in [0.2, 0.25) is 0 Å². The minimum Gasteiger partial charge on any atom is -0.507 e. The molecule has 0 amide bonds. The fourth-order valence-corrected chi connectivity index (χ4v) is 5.70. The second-order valence-electron chi connectivity index (χ2n) is 11.4. The van der Waals surface area contributed by atoms with E-state index in [2.05, 4.69) is 44.4 Å². The van der Waals surface area contributed by atoms with Crippen molar-refractivity contribution in [1.29, 1.82) is 0 Å². The lowest BCUT2D eigenvalue weighted by atomic mass is 10.0. The van der Waals surface area contributed by atoms with Crippen LogP contribution in [0, 0.1) is 0 Å². The van der Waals surface area contributed by atoms with Crippen molar-refractivity contribution in [2.24, 2.45) is 0 Å². The molecule has 0 bridgehead atoms. The van der Waals surface area contributed by atoms with Gasteiger partial charge < -0.3 is 30.9 Å². The van der Waals surface area contributed by atoms with E-state index in [1.165, 1.54) is 12.0 Å². The number of aromatic hydroxyl groups is 1. The van der Waals surface area contributed by atoms with Crippen LogP contribution in [0.1, 0.15) is 38.7 Å². The first kappa shape index (κ1) is 29.7. The van der Waals surface area contributed by atoms with Crippen molar-refractivity contribution < 1.29 is 14.6 Å². The van der Waals surface area contributed by atoms with Gasteiger partial charge in [-0.05, 0) is 75.1 Å². The molecule has 0 radical (unpaired) electrons. The van der Waals surface area contributed by atoms with Gasteiger partial charge in [-0.1, -0.05) is 42.5 Å². The van der Waals surface area contributed by atoms with Crippen LogP contribution >= 0.6 is 0 Å². The Morgan fingerprint density at radius 2 is 1.56 bits per heavy atom. The maximum absolute atomic E-state index is 10.8. The summed E-state index contributed by atoms with van der Waals surface area (Å²) in [5.41, 5.74) is 16.6. The Hall–Kier alpha value is -5.38. The van der Waals surface area contributed by atoms with Gasteiger partial charge in [-0.25, -0.2) is 0 Å². The Morgan fingerprint density at radius 3 is 2.36 bits per heavy atom. The molecular weight excluding hydrogens is 566 g/mol. The minimum atomic E-state index is -0.135. The van der Waals surface area contributed by atoms with Crippen LogP contribution in [-0.2, 0) is 6.42 Å². The van der Waals surface area contributed by atoms with Crippen molar-refractivity contribution in [3.8, 4) is 45.5 Å². The van der Waals surface area contributed by atoms with Gasteiger partial charge in [-0.2, -0.15) is 0 Å². The molecule has 2 atom stereocenters. The predicted octanol–water partition coefficient (Wildman–Crippen LogP) is 6.65. The fraction of sp³-hybridized carbons (Fsp3) is 0.257. The van der Waals surface area contributed by atoms with Gasteiger partial charge in [0.1, 0.15) is 29.0 Å². The Morgan fingerprint density at radius 1 is 0.822 bits per heavy atom. The van der Waals surface area contributed by atoms with E-state index in [0.29, 0.717) is 51.6 Å².